The highest BCUT2D eigenvalue weighted by Crippen LogP contribution is 2.27. The van der Waals surface area contributed by atoms with E-state index < -0.39 is 0 Å². The number of piperidine rings is 1. The Balaban J connectivity index is 1.85. The molecule has 90 valence electrons. The molecule has 0 aliphatic carbocycles. The van der Waals surface area contributed by atoms with E-state index in [4.69, 9.17) is 8.94 Å². The molecule has 0 radical (unpaired) electrons. The normalized spacial score (nSPS) is 17.5. The molecule has 0 unspecified atom stereocenters. The van der Waals surface area contributed by atoms with Crippen molar-refractivity contribution in [3.63, 3.8) is 0 Å². The van der Waals surface area contributed by atoms with Crippen LogP contribution in [0, 0.1) is 6.92 Å². The summed E-state index contributed by atoms with van der Waals surface area (Å²) in [4.78, 5) is 4.47. The minimum absolute atomic E-state index is 0.393. The standard InChI is InChI=1S/C12H15N3O2/c1-8-10(4-7-16-8)11-14-12(17-15-11)9-2-5-13-6-3-9/h4,7,9,13H,2-3,5-6H2,1H3. The minimum Gasteiger partial charge on any atom is -0.469 e. The highest BCUT2D eigenvalue weighted by Gasteiger charge is 2.22. The van der Waals surface area contributed by atoms with Crippen LogP contribution in [-0.2, 0) is 0 Å². The van der Waals surface area contributed by atoms with E-state index in [-0.39, 0.29) is 0 Å². The van der Waals surface area contributed by atoms with Crippen LogP contribution in [-0.4, -0.2) is 23.2 Å². The Hall–Kier alpha value is -1.62. The number of nitrogens with zero attached hydrogens (tertiary/aromatic N) is 2. The zero-order valence-electron chi connectivity index (χ0n) is 9.77. The molecule has 5 nitrogen and oxygen atoms in total. The molecule has 0 aromatic carbocycles. The Bertz CT molecular complexity index is 497. The maximum Gasteiger partial charge on any atom is 0.230 e. The van der Waals surface area contributed by atoms with E-state index in [0.717, 1.165) is 43.1 Å². The van der Waals surface area contributed by atoms with Gasteiger partial charge in [0.2, 0.25) is 11.7 Å². The Labute approximate surface area is 99.2 Å². The second-order valence-electron chi connectivity index (χ2n) is 4.37. The highest BCUT2D eigenvalue weighted by molar-refractivity contribution is 5.56. The lowest BCUT2D eigenvalue weighted by molar-refractivity contribution is 0.320. The Morgan fingerprint density at radius 2 is 2.18 bits per heavy atom. The molecule has 3 rings (SSSR count). The molecule has 0 spiro atoms. The van der Waals surface area contributed by atoms with Crippen molar-refractivity contribution in [3.05, 3.63) is 24.0 Å². The highest BCUT2D eigenvalue weighted by atomic mass is 16.5. The molecule has 0 saturated carbocycles. The van der Waals surface area contributed by atoms with Gasteiger partial charge in [-0.2, -0.15) is 4.98 Å². The molecular weight excluding hydrogens is 218 g/mol. The first-order valence-electron chi connectivity index (χ1n) is 5.93. The van der Waals surface area contributed by atoms with Crippen LogP contribution < -0.4 is 5.32 Å². The first-order chi connectivity index (χ1) is 8.34. The van der Waals surface area contributed by atoms with Gasteiger partial charge in [0.25, 0.3) is 0 Å². The molecule has 3 heterocycles. The summed E-state index contributed by atoms with van der Waals surface area (Å²) in [6.45, 7) is 3.94. The minimum atomic E-state index is 0.393. The van der Waals surface area contributed by atoms with Gasteiger partial charge >= 0.3 is 0 Å². The van der Waals surface area contributed by atoms with Gasteiger partial charge in [-0.15, -0.1) is 0 Å². The summed E-state index contributed by atoms with van der Waals surface area (Å²) < 4.78 is 10.6. The number of hydrogen-bond acceptors (Lipinski definition) is 5. The molecule has 17 heavy (non-hydrogen) atoms. The monoisotopic (exact) mass is 233 g/mol. The third-order valence-electron chi connectivity index (χ3n) is 3.23. The van der Waals surface area contributed by atoms with Crippen molar-refractivity contribution in [2.75, 3.05) is 13.1 Å². The first-order valence-corrected chi connectivity index (χ1v) is 5.93. The Morgan fingerprint density at radius 3 is 2.88 bits per heavy atom. The van der Waals surface area contributed by atoms with Crippen molar-refractivity contribution in [2.24, 2.45) is 0 Å². The summed E-state index contributed by atoms with van der Waals surface area (Å²) in [5.74, 6) is 2.60. The van der Waals surface area contributed by atoms with Crippen LogP contribution in [0.2, 0.25) is 0 Å². The van der Waals surface area contributed by atoms with Crippen molar-refractivity contribution >= 4 is 0 Å². The third-order valence-corrected chi connectivity index (χ3v) is 3.23. The van der Waals surface area contributed by atoms with Crippen LogP contribution in [0.25, 0.3) is 11.4 Å². The van der Waals surface area contributed by atoms with E-state index in [2.05, 4.69) is 15.5 Å². The predicted molar refractivity (Wildman–Crippen MR) is 61.6 cm³/mol. The fourth-order valence-corrected chi connectivity index (χ4v) is 2.20. The second kappa shape index (κ2) is 4.33. The Kier molecular flexibility index (Phi) is 2.68. The van der Waals surface area contributed by atoms with Crippen LogP contribution >= 0.6 is 0 Å². The molecule has 0 bridgehead atoms. The maximum atomic E-state index is 5.35. The van der Waals surface area contributed by atoms with E-state index in [9.17, 15) is 0 Å². The van der Waals surface area contributed by atoms with Gasteiger partial charge in [0, 0.05) is 5.92 Å². The molecule has 0 amide bonds. The van der Waals surface area contributed by atoms with E-state index in [1.54, 1.807) is 6.26 Å². The molecule has 0 atom stereocenters. The topological polar surface area (TPSA) is 64.1 Å². The summed E-state index contributed by atoms with van der Waals surface area (Å²) in [5.41, 5.74) is 0.911. The number of furan rings is 1. The smallest absolute Gasteiger partial charge is 0.230 e. The van der Waals surface area contributed by atoms with Crippen molar-refractivity contribution in [2.45, 2.75) is 25.7 Å². The summed E-state index contributed by atoms with van der Waals surface area (Å²) in [7, 11) is 0. The average Bonchev–Trinajstić information content (AvgIpc) is 2.98. The molecule has 1 saturated heterocycles. The summed E-state index contributed by atoms with van der Waals surface area (Å²) in [6, 6.07) is 1.87. The van der Waals surface area contributed by atoms with Crippen molar-refractivity contribution < 1.29 is 8.94 Å². The molecule has 2 aromatic rings. The van der Waals surface area contributed by atoms with Crippen molar-refractivity contribution in [1.82, 2.24) is 15.5 Å². The SMILES string of the molecule is Cc1occc1-c1noc(C2CCNCC2)n1. The lowest BCUT2D eigenvalue weighted by Crippen LogP contribution is -2.26. The van der Waals surface area contributed by atoms with Crippen LogP contribution in [0.1, 0.15) is 30.4 Å². The number of aromatic nitrogens is 2. The van der Waals surface area contributed by atoms with E-state index in [1.807, 2.05) is 13.0 Å². The molecule has 2 aromatic heterocycles. The fraction of sp³-hybridized carbons (Fsp3) is 0.500. The van der Waals surface area contributed by atoms with Gasteiger partial charge in [0.15, 0.2) is 0 Å². The third kappa shape index (κ3) is 1.98. The molecule has 1 fully saturated rings. The number of rotatable bonds is 2. The zero-order valence-corrected chi connectivity index (χ0v) is 9.77. The average molecular weight is 233 g/mol. The fourth-order valence-electron chi connectivity index (χ4n) is 2.20. The second-order valence-corrected chi connectivity index (χ2v) is 4.37. The first kappa shape index (κ1) is 10.5. The van der Waals surface area contributed by atoms with Gasteiger partial charge in [-0.3, -0.25) is 0 Å². The van der Waals surface area contributed by atoms with Gasteiger partial charge in [0.1, 0.15) is 5.76 Å². The Morgan fingerprint density at radius 1 is 1.35 bits per heavy atom. The van der Waals surface area contributed by atoms with Crippen LogP contribution in [0.15, 0.2) is 21.3 Å². The van der Waals surface area contributed by atoms with Crippen LogP contribution in [0.3, 0.4) is 0 Å². The largest absolute Gasteiger partial charge is 0.469 e. The van der Waals surface area contributed by atoms with Gasteiger partial charge in [0.05, 0.1) is 11.8 Å². The van der Waals surface area contributed by atoms with Gasteiger partial charge in [-0.25, -0.2) is 0 Å². The van der Waals surface area contributed by atoms with Gasteiger partial charge in [-0.1, -0.05) is 5.16 Å². The molecule has 5 heteroatoms. The van der Waals surface area contributed by atoms with Gasteiger partial charge in [-0.05, 0) is 38.9 Å². The lowest BCUT2D eigenvalue weighted by atomic mass is 9.98. The van der Waals surface area contributed by atoms with Crippen molar-refractivity contribution in [1.29, 1.82) is 0 Å². The lowest BCUT2D eigenvalue weighted by Gasteiger charge is -2.18. The van der Waals surface area contributed by atoms with Crippen LogP contribution in [0.5, 0.6) is 0 Å². The number of aryl methyl sites for hydroxylation is 1. The van der Waals surface area contributed by atoms with Crippen LogP contribution in [0.4, 0.5) is 0 Å². The predicted octanol–water partition coefficient (Wildman–Crippen LogP) is 2.11. The summed E-state index contributed by atoms with van der Waals surface area (Å²) in [6.07, 6.45) is 3.77. The van der Waals surface area contributed by atoms with E-state index >= 15 is 0 Å². The quantitative estimate of drug-likeness (QED) is 0.860. The summed E-state index contributed by atoms with van der Waals surface area (Å²) in [5, 5.41) is 7.35. The molecule has 1 N–H and O–H groups in total. The van der Waals surface area contributed by atoms with Gasteiger partial charge < -0.3 is 14.3 Å². The van der Waals surface area contributed by atoms with Crippen molar-refractivity contribution in [3.8, 4) is 11.4 Å². The molecule has 1 aliphatic rings. The van der Waals surface area contributed by atoms with E-state index in [1.165, 1.54) is 0 Å². The van der Waals surface area contributed by atoms with E-state index in [0.29, 0.717) is 11.7 Å². The molecular formula is C12H15N3O2. The molecule has 1 aliphatic heterocycles. The zero-order chi connectivity index (χ0) is 11.7. The maximum absolute atomic E-state index is 5.35. The number of nitrogens with one attached hydrogen (secondary N) is 1. The summed E-state index contributed by atoms with van der Waals surface area (Å²) >= 11 is 0. The number of hydrogen-bond donors (Lipinski definition) is 1.